The zero-order chi connectivity index (χ0) is 15.2. The van der Waals surface area contributed by atoms with Gasteiger partial charge in [0.15, 0.2) is 0 Å². The number of benzene rings is 1. The Morgan fingerprint density at radius 2 is 1.86 bits per heavy atom. The van der Waals surface area contributed by atoms with Gasteiger partial charge in [-0.05, 0) is 12.6 Å². The second kappa shape index (κ2) is 7.31. The molecule has 0 aliphatic carbocycles. The van der Waals surface area contributed by atoms with Gasteiger partial charge in [0.05, 0.1) is 20.6 Å². The Morgan fingerprint density at radius 3 is 2.43 bits per heavy atom. The molecule has 1 aliphatic rings. The minimum atomic E-state index is 0.161. The standard InChI is InChI=1S/C16H24N2O3/c1-4-17-7-9-18(10-8-17)16(19)11-13-5-6-14(20-2)12-15(13)21-3/h5-6,12H,4,7-11H2,1-3H3. The number of hydrogen-bond donors (Lipinski definition) is 0. The van der Waals surface area contributed by atoms with Crippen LogP contribution in [-0.2, 0) is 11.2 Å². The first-order valence-corrected chi connectivity index (χ1v) is 7.39. The van der Waals surface area contributed by atoms with E-state index in [1.807, 2.05) is 23.1 Å². The normalized spacial score (nSPS) is 15.9. The topological polar surface area (TPSA) is 42.0 Å². The fourth-order valence-electron chi connectivity index (χ4n) is 2.59. The summed E-state index contributed by atoms with van der Waals surface area (Å²) in [5.41, 5.74) is 0.904. The van der Waals surface area contributed by atoms with Gasteiger partial charge in [0, 0.05) is 37.8 Å². The van der Waals surface area contributed by atoms with Crippen LogP contribution < -0.4 is 9.47 Å². The number of piperazine rings is 1. The van der Waals surface area contributed by atoms with E-state index in [4.69, 9.17) is 9.47 Å². The van der Waals surface area contributed by atoms with Crippen LogP contribution in [0, 0.1) is 0 Å². The average Bonchev–Trinajstić information content (AvgIpc) is 2.55. The van der Waals surface area contributed by atoms with E-state index in [9.17, 15) is 4.79 Å². The van der Waals surface area contributed by atoms with Gasteiger partial charge in [-0.15, -0.1) is 0 Å². The predicted molar refractivity (Wildman–Crippen MR) is 81.9 cm³/mol. The number of methoxy groups -OCH3 is 2. The molecule has 1 aromatic rings. The van der Waals surface area contributed by atoms with Gasteiger partial charge in [0.25, 0.3) is 0 Å². The summed E-state index contributed by atoms with van der Waals surface area (Å²) >= 11 is 0. The summed E-state index contributed by atoms with van der Waals surface area (Å²) in [5.74, 6) is 1.60. The predicted octanol–water partition coefficient (Wildman–Crippen LogP) is 1.41. The minimum Gasteiger partial charge on any atom is -0.497 e. The molecule has 1 aliphatic heterocycles. The first kappa shape index (κ1) is 15.6. The molecular formula is C16H24N2O3. The number of carbonyl (C=O) groups is 1. The average molecular weight is 292 g/mol. The first-order valence-electron chi connectivity index (χ1n) is 7.39. The molecule has 0 unspecified atom stereocenters. The summed E-state index contributed by atoms with van der Waals surface area (Å²) in [4.78, 5) is 16.7. The smallest absolute Gasteiger partial charge is 0.227 e. The Kier molecular flexibility index (Phi) is 5.44. The van der Waals surface area contributed by atoms with Crippen LogP contribution in [0.4, 0.5) is 0 Å². The van der Waals surface area contributed by atoms with Crippen LogP contribution >= 0.6 is 0 Å². The summed E-state index contributed by atoms with van der Waals surface area (Å²) in [6.45, 7) is 6.74. The molecule has 0 atom stereocenters. The molecule has 0 spiro atoms. The van der Waals surface area contributed by atoms with Crippen molar-refractivity contribution in [3.8, 4) is 11.5 Å². The third kappa shape index (κ3) is 3.88. The van der Waals surface area contributed by atoms with E-state index >= 15 is 0 Å². The molecule has 1 saturated heterocycles. The molecule has 5 heteroatoms. The van der Waals surface area contributed by atoms with E-state index in [2.05, 4.69) is 11.8 Å². The molecule has 0 radical (unpaired) electrons. The quantitative estimate of drug-likeness (QED) is 0.823. The molecule has 0 saturated carbocycles. The van der Waals surface area contributed by atoms with Crippen molar-refractivity contribution in [1.29, 1.82) is 0 Å². The van der Waals surface area contributed by atoms with Crippen LogP contribution in [0.2, 0.25) is 0 Å². The molecule has 1 amide bonds. The van der Waals surface area contributed by atoms with E-state index in [-0.39, 0.29) is 5.91 Å². The summed E-state index contributed by atoms with van der Waals surface area (Å²) in [5, 5.41) is 0. The molecule has 1 heterocycles. The molecule has 0 aromatic heterocycles. The number of nitrogens with zero attached hydrogens (tertiary/aromatic N) is 2. The number of ether oxygens (including phenoxy) is 2. The Bertz CT molecular complexity index is 482. The van der Waals surface area contributed by atoms with Gasteiger partial charge < -0.3 is 19.3 Å². The maximum atomic E-state index is 12.4. The highest BCUT2D eigenvalue weighted by Gasteiger charge is 2.21. The number of likely N-dealkylation sites (N-methyl/N-ethyl adjacent to an activating group) is 1. The Labute approximate surface area is 126 Å². The lowest BCUT2D eigenvalue weighted by Crippen LogP contribution is -2.48. The first-order chi connectivity index (χ1) is 10.2. The fourth-order valence-corrected chi connectivity index (χ4v) is 2.59. The molecule has 5 nitrogen and oxygen atoms in total. The molecule has 0 bridgehead atoms. The number of hydrogen-bond acceptors (Lipinski definition) is 4. The third-order valence-electron chi connectivity index (χ3n) is 4.01. The summed E-state index contributed by atoms with van der Waals surface area (Å²) in [7, 11) is 3.23. The van der Waals surface area contributed by atoms with E-state index in [0.717, 1.165) is 44.0 Å². The molecule has 21 heavy (non-hydrogen) atoms. The van der Waals surface area contributed by atoms with Crippen molar-refractivity contribution in [2.24, 2.45) is 0 Å². The Morgan fingerprint density at radius 1 is 1.14 bits per heavy atom. The molecule has 0 N–H and O–H groups in total. The Balaban J connectivity index is 1.99. The van der Waals surface area contributed by atoms with Gasteiger partial charge in [0.1, 0.15) is 11.5 Å². The van der Waals surface area contributed by atoms with Crippen molar-refractivity contribution in [2.75, 3.05) is 46.9 Å². The minimum absolute atomic E-state index is 0.161. The maximum Gasteiger partial charge on any atom is 0.227 e. The van der Waals surface area contributed by atoms with Crippen molar-refractivity contribution in [2.45, 2.75) is 13.3 Å². The van der Waals surface area contributed by atoms with Crippen LogP contribution in [0.15, 0.2) is 18.2 Å². The van der Waals surface area contributed by atoms with E-state index in [0.29, 0.717) is 12.2 Å². The fraction of sp³-hybridized carbons (Fsp3) is 0.562. The van der Waals surface area contributed by atoms with Gasteiger partial charge in [-0.3, -0.25) is 4.79 Å². The molecule has 1 aromatic carbocycles. The van der Waals surface area contributed by atoms with Gasteiger partial charge in [-0.2, -0.15) is 0 Å². The Hall–Kier alpha value is -1.75. The lowest BCUT2D eigenvalue weighted by Gasteiger charge is -2.34. The van der Waals surface area contributed by atoms with Crippen LogP contribution in [0.1, 0.15) is 12.5 Å². The maximum absolute atomic E-state index is 12.4. The van der Waals surface area contributed by atoms with E-state index in [1.165, 1.54) is 0 Å². The van der Waals surface area contributed by atoms with Crippen LogP contribution in [0.3, 0.4) is 0 Å². The van der Waals surface area contributed by atoms with Crippen LogP contribution in [0.25, 0.3) is 0 Å². The van der Waals surface area contributed by atoms with Crippen molar-refractivity contribution in [3.63, 3.8) is 0 Å². The van der Waals surface area contributed by atoms with Gasteiger partial charge in [-0.1, -0.05) is 13.0 Å². The second-order valence-electron chi connectivity index (χ2n) is 5.17. The molecule has 116 valence electrons. The summed E-state index contributed by atoms with van der Waals surface area (Å²) in [6, 6.07) is 5.58. The molecular weight excluding hydrogens is 268 g/mol. The van der Waals surface area contributed by atoms with Gasteiger partial charge >= 0.3 is 0 Å². The number of amides is 1. The van der Waals surface area contributed by atoms with Crippen molar-refractivity contribution in [1.82, 2.24) is 9.80 Å². The van der Waals surface area contributed by atoms with Gasteiger partial charge in [0.2, 0.25) is 5.91 Å². The lowest BCUT2D eigenvalue weighted by molar-refractivity contribution is -0.132. The van der Waals surface area contributed by atoms with Gasteiger partial charge in [-0.25, -0.2) is 0 Å². The highest BCUT2D eigenvalue weighted by Crippen LogP contribution is 2.25. The van der Waals surface area contributed by atoms with Crippen molar-refractivity contribution >= 4 is 5.91 Å². The molecule has 2 rings (SSSR count). The zero-order valence-electron chi connectivity index (χ0n) is 13.1. The van der Waals surface area contributed by atoms with E-state index < -0.39 is 0 Å². The molecule has 1 fully saturated rings. The van der Waals surface area contributed by atoms with Crippen LogP contribution in [-0.4, -0.2) is 62.7 Å². The largest absolute Gasteiger partial charge is 0.497 e. The van der Waals surface area contributed by atoms with Crippen molar-refractivity contribution in [3.05, 3.63) is 23.8 Å². The highest BCUT2D eigenvalue weighted by molar-refractivity contribution is 5.79. The summed E-state index contributed by atoms with van der Waals surface area (Å²) < 4.78 is 10.5. The van der Waals surface area contributed by atoms with Crippen LogP contribution in [0.5, 0.6) is 11.5 Å². The third-order valence-corrected chi connectivity index (χ3v) is 4.01. The number of rotatable bonds is 5. The lowest BCUT2D eigenvalue weighted by atomic mass is 10.1. The highest BCUT2D eigenvalue weighted by atomic mass is 16.5. The number of carbonyl (C=O) groups excluding carboxylic acids is 1. The SMILES string of the molecule is CCN1CCN(C(=O)Cc2ccc(OC)cc2OC)CC1. The second-order valence-corrected chi connectivity index (χ2v) is 5.17. The summed E-state index contributed by atoms with van der Waals surface area (Å²) in [6.07, 6.45) is 0.374. The zero-order valence-corrected chi connectivity index (χ0v) is 13.1. The van der Waals surface area contributed by atoms with Crippen molar-refractivity contribution < 1.29 is 14.3 Å². The monoisotopic (exact) mass is 292 g/mol. The van der Waals surface area contributed by atoms with E-state index in [1.54, 1.807) is 14.2 Å².